The molecule has 24 heavy (non-hydrogen) atoms. The molecule has 0 saturated heterocycles. The van der Waals surface area contributed by atoms with E-state index in [0.29, 0.717) is 31.7 Å². The summed E-state index contributed by atoms with van der Waals surface area (Å²) in [4.78, 5) is 24.4. The minimum absolute atomic E-state index is 0.0628. The second kappa shape index (κ2) is 9.09. The van der Waals surface area contributed by atoms with Crippen molar-refractivity contribution in [3.05, 3.63) is 44.3 Å². The molecule has 1 aromatic rings. The molecular formula is C14H17BrN4O5. The Morgan fingerprint density at radius 1 is 1.54 bits per heavy atom. The summed E-state index contributed by atoms with van der Waals surface area (Å²) in [7, 11) is 0. The highest BCUT2D eigenvalue weighted by molar-refractivity contribution is 9.10. The number of hydrogen-bond donors (Lipinski definition) is 1. The number of ether oxygens (including phenoxy) is 1. The molecule has 0 aliphatic carbocycles. The van der Waals surface area contributed by atoms with Gasteiger partial charge in [0.15, 0.2) is 0 Å². The lowest BCUT2D eigenvalue weighted by Crippen LogP contribution is -2.30. The van der Waals surface area contributed by atoms with E-state index in [-0.39, 0.29) is 17.7 Å². The summed E-state index contributed by atoms with van der Waals surface area (Å²) in [5.41, 5.74) is 8.28. The van der Waals surface area contributed by atoms with Crippen LogP contribution in [0.1, 0.15) is 25.3 Å². The Morgan fingerprint density at radius 2 is 2.25 bits per heavy atom. The number of rotatable bonds is 10. The van der Waals surface area contributed by atoms with E-state index in [2.05, 4.69) is 26.0 Å². The highest BCUT2D eigenvalue weighted by Crippen LogP contribution is 2.31. The minimum Gasteiger partial charge on any atom is -0.494 e. The van der Waals surface area contributed by atoms with Crippen LogP contribution in [0.5, 0.6) is 5.75 Å². The third-order valence-corrected chi connectivity index (χ3v) is 3.82. The van der Waals surface area contributed by atoms with Crippen LogP contribution in [-0.2, 0) is 11.2 Å². The molecule has 9 nitrogen and oxygen atoms in total. The Morgan fingerprint density at radius 3 is 2.83 bits per heavy atom. The molecule has 0 fully saturated rings. The Bertz CT molecular complexity index is 659. The highest BCUT2D eigenvalue weighted by atomic mass is 79.9. The first-order chi connectivity index (χ1) is 11.3. The standard InChI is InChI=1S/C14H17BrN4O5/c1-14(15,13(20)21)9-10-8-11(4-5-12(10)19(22)23)24-7-3-2-6-17-18-16/h4-5,8H,2-3,6-7,9H2,1H3,(H,20,21). The summed E-state index contributed by atoms with van der Waals surface area (Å²) in [6.07, 6.45) is 1.27. The van der Waals surface area contributed by atoms with Gasteiger partial charge in [-0.15, -0.1) is 0 Å². The summed E-state index contributed by atoms with van der Waals surface area (Å²) in [5.74, 6) is -0.686. The zero-order chi connectivity index (χ0) is 18.2. The zero-order valence-corrected chi connectivity index (χ0v) is 14.6. The molecule has 1 N–H and O–H groups in total. The van der Waals surface area contributed by atoms with Crippen LogP contribution >= 0.6 is 15.9 Å². The van der Waals surface area contributed by atoms with E-state index >= 15 is 0 Å². The van der Waals surface area contributed by atoms with Gasteiger partial charge in [-0.25, -0.2) is 0 Å². The average molecular weight is 401 g/mol. The van der Waals surface area contributed by atoms with E-state index in [1.165, 1.54) is 25.1 Å². The van der Waals surface area contributed by atoms with Crippen LogP contribution in [0.2, 0.25) is 0 Å². The van der Waals surface area contributed by atoms with E-state index in [4.69, 9.17) is 15.4 Å². The molecule has 1 rings (SSSR count). The third-order valence-electron chi connectivity index (χ3n) is 3.20. The molecule has 0 bridgehead atoms. The number of alkyl halides is 1. The van der Waals surface area contributed by atoms with Gasteiger partial charge in [0.2, 0.25) is 0 Å². The highest BCUT2D eigenvalue weighted by Gasteiger charge is 2.32. The molecule has 0 aromatic heterocycles. The molecule has 0 spiro atoms. The molecule has 0 heterocycles. The molecule has 0 radical (unpaired) electrons. The van der Waals surface area contributed by atoms with Crippen molar-refractivity contribution in [3.8, 4) is 5.75 Å². The van der Waals surface area contributed by atoms with E-state index in [1.54, 1.807) is 0 Å². The fourth-order valence-electron chi connectivity index (χ4n) is 1.92. The van der Waals surface area contributed by atoms with Crippen molar-refractivity contribution in [2.45, 2.75) is 30.5 Å². The second-order valence-corrected chi connectivity index (χ2v) is 6.99. The first-order valence-electron chi connectivity index (χ1n) is 7.11. The van der Waals surface area contributed by atoms with Crippen LogP contribution in [0.15, 0.2) is 23.3 Å². The Balaban J connectivity index is 2.82. The topological polar surface area (TPSA) is 138 Å². The van der Waals surface area contributed by atoms with Crippen molar-refractivity contribution in [1.29, 1.82) is 0 Å². The van der Waals surface area contributed by atoms with Crippen LogP contribution in [0.4, 0.5) is 5.69 Å². The fraction of sp³-hybridized carbons (Fsp3) is 0.500. The molecule has 0 saturated carbocycles. The quantitative estimate of drug-likeness (QED) is 0.121. The number of benzene rings is 1. The molecule has 10 heteroatoms. The Hall–Kier alpha value is -2.32. The first-order valence-corrected chi connectivity index (χ1v) is 7.90. The van der Waals surface area contributed by atoms with Gasteiger partial charge in [-0.1, -0.05) is 21.0 Å². The van der Waals surface area contributed by atoms with Gasteiger partial charge in [0.1, 0.15) is 10.1 Å². The van der Waals surface area contributed by atoms with Crippen LogP contribution in [0.3, 0.4) is 0 Å². The lowest BCUT2D eigenvalue weighted by molar-refractivity contribution is -0.385. The van der Waals surface area contributed by atoms with Gasteiger partial charge in [-0.2, -0.15) is 0 Å². The number of hydrogen-bond acceptors (Lipinski definition) is 5. The van der Waals surface area contributed by atoms with Gasteiger partial charge >= 0.3 is 5.97 Å². The normalized spacial score (nSPS) is 12.8. The van der Waals surface area contributed by atoms with Crippen LogP contribution < -0.4 is 4.74 Å². The van der Waals surface area contributed by atoms with E-state index < -0.39 is 15.2 Å². The number of carbonyl (C=O) groups is 1. The van der Waals surface area contributed by atoms with Gasteiger partial charge in [0, 0.05) is 29.5 Å². The number of nitrogens with zero attached hydrogens (tertiary/aromatic N) is 4. The largest absolute Gasteiger partial charge is 0.494 e. The number of azide groups is 1. The van der Waals surface area contributed by atoms with Crippen molar-refractivity contribution >= 4 is 27.6 Å². The summed E-state index contributed by atoms with van der Waals surface area (Å²) in [6.45, 7) is 2.18. The number of halogens is 1. The molecule has 0 aliphatic heterocycles. The summed E-state index contributed by atoms with van der Waals surface area (Å²) >= 11 is 3.08. The number of aliphatic carboxylic acids is 1. The van der Waals surface area contributed by atoms with Crippen molar-refractivity contribution < 1.29 is 19.6 Å². The SMILES string of the molecule is CC(Br)(Cc1cc(OCCCCN=[N+]=[N-])ccc1[N+](=O)[O-])C(=O)O. The maximum atomic E-state index is 11.2. The van der Waals surface area contributed by atoms with Gasteiger partial charge in [0.05, 0.1) is 11.5 Å². The fourth-order valence-corrected chi connectivity index (χ4v) is 2.23. The molecule has 130 valence electrons. The van der Waals surface area contributed by atoms with Crippen LogP contribution in [-0.4, -0.2) is 33.5 Å². The molecule has 0 aliphatic rings. The van der Waals surface area contributed by atoms with Gasteiger partial charge in [-0.3, -0.25) is 14.9 Å². The maximum Gasteiger partial charge on any atom is 0.320 e. The third kappa shape index (κ3) is 6.05. The smallest absolute Gasteiger partial charge is 0.320 e. The van der Waals surface area contributed by atoms with Crippen molar-refractivity contribution in [1.82, 2.24) is 0 Å². The number of nitro benzene ring substituents is 1. The van der Waals surface area contributed by atoms with Crippen molar-refractivity contribution in [2.24, 2.45) is 5.11 Å². The average Bonchev–Trinajstić information content (AvgIpc) is 2.50. The number of carboxylic acid groups (broad SMARTS) is 1. The predicted octanol–water partition coefficient (Wildman–Crippen LogP) is 3.84. The van der Waals surface area contributed by atoms with Crippen molar-refractivity contribution in [2.75, 3.05) is 13.2 Å². The first kappa shape index (κ1) is 19.7. The molecule has 1 atom stereocenters. The summed E-state index contributed by atoms with van der Waals surface area (Å²) in [5, 5.41) is 23.7. The minimum atomic E-state index is -1.31. The Labute approximate surface area is 146 Å². The second-order valence-electron chi connectivity index (χ2n) is 5.24. The molecule has 0 amide bonds. The number of carboxylic acids is 1. The molecule has 1 aromatic carbocycles. The zero-order valence-electron chi connectivity index (χ0n) is 13.0. The van der Waals surface area contributed by atoms with Crippen LogP contribution in [0, 0.1) is 10.1 Å². The van der Waals surface area contributed by atoms with E-state index in [1.807, 2.05) is 0 Å². The summed E-state index contributed by atoms with van der Waals surface area (Å²) in [6, 6.07) is 4.25. The molecule has 1 unspecified atom stereocenters. The van der Waals surface area contributed by atoms with Gasteiger partial charge in [-0.05, 0) is 37.4 Å². The number of nitro groups is 1. The maximum absolute atomic E-state index is 11.2. The summed E-state index contributed by atoms with van der Waals surface area (Å²) < 4.78 is 4.20. The Kier molecular flexibility index (Phi) is 7.47. The number of unbranched alkanes of at least 4 members (excludes halogenated alkanes) is 1. The molecular weight excluding hydrogens is 384 g/mol. The lowest BCUT2D eigenvalue weighted by atomic mass is 9.99. The van der Waals surface area contributed by atoms with Crippen molar-refractivity contribution in [3.63, 3.8) is 0 Å². The van der Waals surface area contributed by atoms with Gasteiger partial charge < -0.3 is 9.84 Å². The van der Waals surface area contributed by atoms with E-state index in [9.17, 15) is 14.9 Å². The van der Waals surface area contributed by atoms with E-state index in [0.717, 1.165) is 0 Å². The van der Waals surface area contributed by atoms with Gasteiger partial charge in [0.25, 0.3) is 5.69 Å². The predicted molar refractivity (Wildman–Crippen MR) is 90.5 cm³/mol. The lowest BCUT2D eigenvalue weighted by Gasteiger charge is -2.17. The van der Waals surface area contributed by atoms with Crippen LogP contribution in [0.25, 0.3) is 10.4 Å². The monoisotopic (exact) mass is 400 g/mol.